The van der Waals surface area contributed by atoms with Gasteiger partial charge in [-0.15, -0.1) is 0 Å². The van der Waals surface area contributed by atoms with Crippen LogP contribution in [0.25, 0.3) is 0 Å². The number of urea groups is 1. The molecule has 6 nitrogen and oxygen atoms in total. The van der Waals surface area contributed by atoms with E-state index >= 15 is 0 Å². The second-order valence-electron chi connectivity index (χ2n) is 6.03. The Balaban J connectivity index is 1.55. The predicted molar refractivity (Wildman–Crippen MR) is 84.1 cm³/mol. The fraction of sp³-hybridized carbons (Fsp3) is 0.412. The van der Waals surface area contributed by atoms with Crippen molar-refractivity contribution in [3.8, 4) is 0 Å². The van der Waals surface area contributed by atoms with Gasteiger partial charge in [0.05, 0.1) is 30.8 Å². The first-order valence-corrected chi connectivity index (χ1v) is 8.06. The maximum atomic E-state index is 12.5. The maximum Gasteiger partial charge on any atom is 0.345 e. The third-order valence-electron chi connectivity index (χ3n) is 4.45. The monoisotopic (exact) mass is 312 g/mol. The van der Waals surface area contributed by atoms with E-state index < -0.39 is 0 Å². The van der Waals surface area contributed by atoms with Gasteiger partial charge in [0.25, 0.3) is 0 Å². The van der Waals surface area contributed by atoms with Crippen LogP contribution in [0.15, 0.2) is 36.7 Å². The zero-order valence-electron chi connectivity index (χ0n) is 13.2. The van der Waals surface area contributed by atoms with E-state index in [2.05, 4.69) is 16.5 Å². The highest BCUT2D eigenvalue weighted by Crippen LogP contribution is 2.37. The Hall–Kier alpha value is -2.34. The van der Waals surface area contributed by atoms with Crippen LogP contribution in [-0.4, -0.2) is 32.1 Å². The summed E-state index contributed by atoms with van der Waals surface area (Å²) in [5.41, 5.74) is 3.17. The summed E-state index contributed by atoms with van der Waals surface area (Å²) in [5.74, 6) is 0. The molecule has 1 saturated heterocycles. The van der Waals surface area contributed by atoms with Crippen molar-refractivity contribution in [2.45, 2.75) is 39.1 Å². The number of fused-ring (bicyclic) bond motifs is 4. The van der Waals surface area contributed by atoms with Crippen molar-refractivity contribution in [2.24, 2.45) is 0 Å². The van der Waals surface area contributed by atoms with Crippen LogP contribution in [-0.2, 0) is 24.5 Å². The summed E-state index contributed by atoms with van der Waals surface area (Å²) < 4.78 is 2.16. The van der Waals surface area contributed by atoms with Gasteiger partial charge in [-0.05, 0) is 12.0 Å². The minimum absolute atomic E-state index is 0.0630. The molecular weight excluding hydrogens is 292 g/mol. The zero-order valence-corrected chi connectivity index (χ0v) is 13.2. The Bertz CT molecular complexity index is 713. The van der Waals surface area contributed by atoms with Crippen molar-refractivity contribution in [3.63, 3.8) is 0 Å². The van der Waals surface area contributed by atoms with Crippen molar-refractivity contribution in [1.82, 2.24) is 19.5 Å². The molecule has 1 fully saturated rings. The summed E-state index contributed by atoms with van der Waals surface area (Å²) in [6.45, 7) is 4.74. The number of amides is 2. The van der Waals surface area contributed by atoms with Crippen LogP contribution in [0, 0.1) is 0 Å². The van der Waals surface area contributed by atoms with Gasteiger partial charge in [0, 0.05) is 6.54 Å². The number of hydrogen-bond donors (Lipinski definition) is 0. The van der Waals surface area contributed by atoms with Crippen molar-refractivity contribution < 1.29 is 9.63 Å². The van der Waals surface area contributed by atoms with E-state index in [1.54, 1.807) is 0 Å². The number of hydroxylamine groups is 2. The summed E-state index contributed by atoms with van der Waals surface area (Å²) in [4.78, 5) is 24.8. The molecule has 0 N–H and O–H groups in total. The van der Waals surface area contributed by atoms with Crippen LogP contribution >= 0.6 is 0 Å². The van der Waals surface area contributed by atoms with Crippen LogP contribution in [0.3, 0.4) is 0 Å². The number of hydrogen-bond acceptors (Lipinski definition) is 3. The Morgan fingerprint density at radius 1 is 1.30 bits per heavy atom. The van der Waals surface area contributed by atoms with Gasteiger partial charge >= 0.3 is 6.03 Å². The number of aromatic nitrogens is 2. The number of nitrogens with zero attached hydrogens (tertiary/aromatic N) is 4. The topological polar surface area (TPSA) is 50.6 Å². The first-order chi connectivity index (χ1) is 11.3. The van der Waals surface area contributed by atoms with Crippen molar-refractivity contribution in [2.75, 3.05) is 6.54 Å². The molecule has 0 aliphatic carbocycles. The van der Waals surface area contributed by atoms with Gasteiger partial charge in [0.1, 0.15) is 12.6 Å². The average molecular weight is 312 g/mol. The Labute approximate surface area is 135 Å². The molecule has 0 saturated carbocycles. The molecule has 23 heavy (non-hydrogen) atoms. The Morgan fingerprint density at radius 3 is 2.91 bits per heavy atom. The lowest BCUT2D eigenvalue weighted by Gasteiger charge is -2.23. The Morgan fingerprint density at radius 2 is 2.13 bits per heavy atom. The van der Waals surface area contributed by atoms with Gasteiger partial charge in [-0.3, -0.25) is 4.84 Å². The molecule has 2 amide bonds. The minimum atomic E-state index is -0.104. The second kappa shape index (κ2) is 5.70. The second-order valence-corrected chi connectivity index (χ2v) is 6.03. The van der Waals surface area contributed by atoms with E-state index in [4.69, 9.17) is 4.84 Å². The SMILES string of the molecule is CCCn1cnc2c1CN1CC2N(OCc2ccccc2)C1=O. The molecule has 4 rings (SSSR count). The van der Waals surface area contributed by atoms with Gasteiger partial charge in [-0.1, -0.05) is 37.3 Å². The van der Waals surface area contributed by atoms with E-state index in [0.717, 1.165) is 29.9 Å². The smallest absolute Gasteiger partial charge is 0.333 e. The summed E-state index contributed by atoms with van der Waals surface area (Å²) in [7, 11) is 0. The van der Waals surface area contributed by atoms with Crippen LogP contribution < -0.4 is 0 Å². The predicted octanol–water partition coefficient (Wildman–Crippen LogP) is 2.72. The number of benzene rings is 1. The fourth-order valence-corrected chi connectivity index (χ4v) is 3.31. The van der Waals surface area contributed by atoms with Crippen LogP contribution in [0.4, 0.5) is 4.79 Å². The summed E-state index contributed by atoms with van der Waals surface area (Å²) in [5, 5.41) is 1.50. The van der Waals surface area contributed by atoms with Crippen molar-refractivity contribution >= 4 is 6.03 Å². The van der Waals surface area contributed by atoms with Gasteiger partial charge < -0.3 is 9.47 Å². The largest absolute Gasteiger partial charge is 0.345 e. The number of carbonyl (C=O) groups excluding carboxylic acids is 1. The summed E-state index contributed by atoms with van der Waals surface area (Å²) in [6.07, 6.45) is 2.94. The first-order valence-electron chi connectivity index (χ1n) is 8.06. The molecule has 2 aromatic rings. The fourth-order valence-electron chi connectivity index (χ4n) is 3.31. The lowest BCUT2D eigenvalue weighted by Crippen LogP contribution is -2.30. The highest BCUT2D eigenvalue weighted by Gasteiger charge is 2.46. The normalized spacial score (nSPS) is 19.3. The summed E-state index contributed by atoms with van der Waals surface area (Å²) in [6, 6.07) is 9.73. The Kier molecular flexibility index (Phi) is 3.53. The van der Waals surface area contributed by atoms with Crippen LogP contribution in [0.5, 0.6) is 0 Å². The van der Waals surface area contributed by atoms with Crippen LogP contribution in [0.1, 0.15) is 36.3 Å². The molecule has 2 bridgehead atoms. The maximum absolute atomic E-state index is 12.5. The number of aryl methyl sites for hydroxylation is 1. The van der Waals surface area contributed by atoms with E-state index in [0.29, 0.717) is 19.7 Å². The molecule has 0 radical (unpaired) electrons. The van der Waals surface area contributed by atoms with Gasteiger partial charge in [-0.25, -0.2) is 9.78 Å². The molecule has 120 valence electrons. The lowest BCUT2D eigenvalue weighted by atomic mass is 10.1. The van der Waals surface area contributed by atoms with Gasteiger partial charge in [0.2, 0.25) is 0 Å². The molecule has 3 heterocycles. The average Bonchev–Trinajstić information content (AvgIpc) is 3.09. The zero-order chi connectivity index (χ0) is 15.8. The molecular formula is C17H20N4O2. The van der Waals surface area contributed by atoms with Crippen molar-refractivity contribution in [1.29, 1.82) is 0 Å². The van der Waals surface area contributed by atoms with E-state index in [1.165, 1.54) is 5.06 Å². The first kappa shape index (κ1) is 14.3. The minimum Gasteiger partial charge on any atom is -0.333 e. The highest BCUT2D eigenvalue weighted by molar-refractivity contribution is 5.77. The molecule has 1 atom stereocenters. The lowest BCUT2D eigenvalue weighted by molar-refractivity contribution is -0.142. The number of rotatable bonds is 5. The number of imidazole rings is 1. The van der Waals surface area contributed by atoms with Crippen molar-refractivity contribution in [3.05, 3.63) is 53.6 Å². The third kappa shape index (κ3) is 2.39. The van der Waals surface area contributed by atoms with E-state index in [1.807, 2.05) is 41.6 Å². The molecule has 1 aromatic heterocycles. The molecule has 1 aromatic carbocycles. The highest BCUT2D eigenvalue weighted by atomic mass is 16.7. The third-order valence-corrected chi connectivity index (χ3v) is 4.45. The van der Waals surface area contributed by atoms with Gasteiger partial charge in [-0.2, -0.15) is 5.06 Å². The molecule has 2 aliphatic rings. The quantitative estimate of drug-likeness (QED) is 0.853. The molecule has 2 aliphatic heterocycles. The number of carbonyl (C=O) groups is 1. The standard InChI is InChI=1S/C17H20N4O2/c1-2-8-19-12-18-16-14(19)9-20-10-15(16)21(17(20)22)23-11-13-6-4-3-5-7-13/h3-7,12,15H,2,8-11H2,1H3. The van der Waals surface area contributed by atoms with Crippen LogP contribution in [0.2, 0.25) is 0 Å². The van der Waals surface area contributed by atoms with E-state index in [9.17, 15) is 4.79 Å². The molecule has 1 unspecified atom stereocenters. The molecule has 6 heteroatoms. The summed E-state index contributed by atoms with van der Waals surface area (Å²) >= 11 is 0. The van der Waals surface area contributed by atoms with Gasteiger partial charge in [0.15, 0.2) is 0 Å². The van der Waals surface area contributed by atoms with E-state index in [-0.39, 0.29) is 12.1 Å². The molecule has 0 spiro atoms.